The fourth-order valence-electron chi connectivity index (χ4n) is 3.20. The Morgan fingerprint density at radius 3 is 2.95 bits per heavy atom. The summed E-state index contributed by atoms with van der Waals surface area (Å²) >= 11 is 3.49. The molecule has 1 fully saturated rings. The average molecular weight is 322 g/mol. The van der Waals surface area contributed by atoms with E-state index in [1.165, 1.54) is 37.6 Å². The van der Waals surface area contributed by atoms with Crippen molar-refractivity contribution in [3.8, 4) is 0 Å². The van der Waals surface area contributed by atoms with Crippen LogP contribution in [0.25, 0.3) is 11.0 Å². The van der Waals surface area contributed by atoms with Crippen molar-refractivity contribution in [2.75, 3.05) is 5.73 Å². The van der Waals surface area contributed by atoms with Crippen molar-refractivity contribution < 1.29 is 0 Å². The molecule has 1 heterocycles. The molecule has 0 radical (unpaired) electrons. The Balaban J connectivity index is 2.01. The van der Waals surface area contributed by atoms with Gasteiger partial charge < -0.3 is 10.3 Å². The number of rotatable bonds is 1. The number of fused-ring (bicyclic) bond motifs is 1. The Morgan fingerprint density at radius 2 is 2.11 bits per heavy atom. The summed E-state index contributed by atoms with van der Waals surface area (Å²) < 4.78 is 3.30. The molecular formula is C15H20BrN3. The smallest absolute Gasteiger partial charge is 0.201 e. The molecule has 3 nitrogen and oxygen atoms in total. The molecule has 2 unspecified atom stereocenters. The van der Waals surface area contributed by atoms with E-state index in [1.54, 1.807) is 0 Å². The summed E-state index contributed by atoms with van der Waals surface area (Å²) in [4.78, 5) is 4.51. The van der Waals surface area contributed by atoms with E-state index in [9.17, 15) is 0 Å². The molecule has 1 aliphatic carbocycles. The summed E-state index contributed by atoms with van der Waals surface area (Å²) in [6.45, 7) is 2.36. The van der Waals surface area contributed by atoms with Crippen molar-refractivity contribution in [1.82, 2.24) is 9.55 Å². The highest BCUT2D eigenvalue weighted by Crippen LogP contribution is 2.34. The van der Waals surface area contributed by atoms with Crippen LogP contribution < -0.4 is 5.73 Å². The summed E-state index contributed by atoms with van der Waals surface area (Å²) in [5, 5.41) is 0. The van der Waals surface area contributed by atoms with Crippen LogP contribution in [0.1, 0.15) is 45.1 Å². The van der Waals surface area contributed by atoms with E-state index < -0.39 is 0 Å². The number of hydrogen-bond acceptors (Lipinski definition) is 2. The average Bonchev–Trinajstić information content (AvgIpc) is 2.54. The normalized spacial score (nSPS) is 24.5. The maximum absolute atomic E-state index is 6.16. The van der Waals surface area contributed by atoms with Crippen LogP contribution in [0, 0.1) is 5.92 Å². The number of aromatic nitrogens is 2. The quantitative estimate of drug-likeness (QED) is 0.784. The third-order valence-corrected chi connectivity index (χ3v) is 4.76. The summed E-state index contributed by atoms with van der Waals surface area (Å²) in [6.07, 6.45) is 6.36. The zero-order chi connectivity index (χ0) is 13.4. The van der Waals surface area contributed by atoms with Crippen LogP contribution >= 0.6 is 15.9 Å². The Hall–Kier alpha value is -1.03. The number of nitrogens with two attached hydrogens (primary N) is 1. The van der Waals surface area contributed by atoms with E-state index >= 15 is 0 Å². The molecule has 102 valence electrons. The molecule has 2 atom stereocenters. The molecule has 0 saturated heterocycles. The molecule has 0 bridgehead atoms. The lowest BCUT2D eigenvalue weighted by atomic mass is 10.0. The molecule has 0 amide bonds. The van der Waals surface area contributed by atoms with Crippen LogP contribution in [-0.2, 0) is 0 Å². The second-order valence-electron chi connectivity index (χ2n) is 5.74. The molecular weight excluding hydrogens is 302 g/mol. The molecule has 1 aromatic carbocycles. The number of nitrogen functional groups attached to an aromatic ring is 1. The predicted octanol–water partition coefficient (Wildman–Crippen LogP) is 4.52. The summed E-state index contributed by atoms with van der Waals surface area (Å²) in [5.74, 6) is 1.50. The Kier molecular flexibility index (Phi) is 3.52. The van der Waals surface area contributed by atoms with E-state index in [0.29, 0.717) is 12.0 Å². The number of benzene rings is 1. The van der Waals surface area contributed by atoms with Crippen LogP contribution in [0.15, 0.2) is 22.7 Å². The van der Waals surface area contributed by atoms with Crippen molar-refractivity contribution >= 4 is 32.9 Å². The maximum atomic E-state index is 6.16. The molecule has 2 aromatic rings. The zero-order valence-electron chi connectivity index (χ0n) is 11.3. The largest absolute Gasteiger partial charge is 0.369 e. The van der Waals surface area contributed by atoms with Crippen LogP contribution in [0.4, 0.5) is 5.95 Å². The summed E-state index contributed by atoms with van der Waals surface area (Å²) in [5.41, 5.74) is 8.31. The van der Waals surface area contributed by atoms with Gasteiger partial charge in [-0.1, -0.05) is 35.7 Å². The molecule has 1 saturated carbocycles. The molecule has 4 heteroatoms. The van der Waals surface area contributed by atoms with Gasteiger partial charge in [0.1, 0.15) is 0 Å². The van der Waals surface area contributed by atoms with Crippen molar-refractivity contribution in [3.63, 3.8) is 0 Å². The zero-order valence-corrected chi connectivity index (χ0v) is 12.9. The Bertz CT molecular complexity index is 590. The summed E-state index contributed by atoms with van der Waals surface area (Å²) in [6, 6.07) is 6.74. The molecule has 0 aliphatic heterocycles. The van der Waals surface area contributed by atoms with Crippen molar-refractivity contribution in [1.29, 1.82) is 0 Å². The Labute approximate surface area is 122 Å². The lowest BCUT2D eigenvalue weighted by molar-refractivity contribution is 0.445. The van der Waals surface area contributed by atoms with Gasteiger partial charge in [-0.2, -0.15) is 0 Å². The van der Waals surface area contributed by atoms with Crippen LogP contribution in [-0.4, -0.2) is 9.55 Å². The number of imidazole rings is 1. The van der Waals surface area contributed by atoms with Crippen LogP contribution in [0.2, 0.25) is 0 Å². The lowest BCUT2D eigenvalue weighted by Crippen LogP contribution is -2.11. The maximum Gasteiger partial charge on any atom is 0.201 e. The fourth-order valence-corrected chi connectivity index (χ4v) is 3.55. The second kappa shape index (κ2) is 5.16. The first-order valence-corrected chi connectivity index (χ1v) is 7.87. The molecule has 1 aromatic heterocycles. The Morgan fingerprint density at radius 1 is 1.26 bits per heavy atom. The lowest BCUT2D eigenvalue weighted by Gasteiger charge is -2.18. The van der Waals surface area contributed by atoms with Crippen molar-refractivity contribution in [2.24, 2.45) is 5.92 Å². The van der Waals surface area contributed by atoms with Gasteiger partial charge in [0, 0.05) is 10.5 Å². The predicted molar refractivity (Wildman–Crippen MR) is 83.1 cm³/mol. The van der Waals surface area contributed by atoms with Gasteiger partial charge in [-0.05, 0) is 43.4 Å². The molecule has 19 heavy (non-hydrogen) atoms. The molecule has 0 spiro atoms. The van der Waals surface area contributed by atoms with Gasteiger partial charge in [0.25, 0.3) is 0 Å². The first kappa shape index (κ1) is 13.0. The minimum atomic E-state index is 0.510. The van der Waals surface area contributed by atoms with Gasteiger partial charge in [-0.3, -0.25) is 0 Å². The third kappa shape index (κ3) is 2.50. The standard InChI is InChI=1S/C15H20BrN3/c1-10-3-2-4-12(7-5-10)19-14-8-6-11(16)9-13(14)18-15(19)17/h6,8-10,12H,2-5,7H2,1H3,(H2,17,18). The van der Waals surface area contributed by atoms with Gasteiger partial charge in [0.15, 0.2) is 0 Å². The van der Waals surface area contributed by atoms with Crippen LogP contribution in [0.5, 0.6) is 0 Å². The molecule has 3 rings (SSSR count). The molecule has 2 N–H and O–H groups in total. The van der Waals surface area contributed by atoms with Gasteiger partial charge in [0.2, 0.25) is 5.95 Å². The van der Waals surface area contributed by atoms with Gasteiger partial charge >= 0.3 is 0 Å². The number of anilines is 1. The topological polar surface area (TPSA) is 43.8 Å². The highest BCUT2D eigenvalue weighted by molar-refractivity contribution is 9.10. The van der Waals surface area contributed by atoms with E-state index in [2.05, 4.69) is 44.5 Å². The van der Waals surface area contributed by atoms with E-state index in [-0.39, 0.29) is 0 Å². The van der Waals surface area contributed by atoms with E-state index in [4.69, 9.17) is 5.73 Å². The number of halogens is 1. The monoisotopic (exact) mass is 321 g/mol. The minimum absolute atomic E-state index is 0.510. The highest BCUT2D eigenvalue weighted by atomic mass is 79.9. The first-order chi connectivity index (χ1) is 9.15. The third-order valence-electron chi connectivity index (χ3n) is 4.27. The van der Waals surface area contributed by atoms with E-state index in [1.807, 2.05) is 6.07 Å². The van der Waals surface area contributed by atoms with E-state index in [0.717, 1.165) is 15.9 Å². The molecule has 1 aliphatic rings. The highest BCUT2D eigenvalue weighted by Gasteiger charge is 2.21. The number of hydrogen-bond donors (Lipinski definition) is 1. The second-order valence-corrected chi connectivity index (χ2v) is 6.66. The number of nitrogens with zero attached hydrogens (tertiary/aromatic N) is 2. The summed E-state index contributed by atoms with van der Waals surface area (Å²) in [7, 11) is 0. The van der Waals surface area contributed by atoms with Gasteiger partial charge in [-0.15, -0.1) is 0 Å². The van der Waals surface area contributed by atoms with Crippen molar-refractivity contribution in [2.45, 2.75) is 45.1 Å². The SMILES string of the molecule is CC1CCCC(n2c(N)nc3cc(Br)ccc32)CC1. The van der Waals surface area contributed by atoms with Crippen molar-refractivity contribution in [3.05, 3.63) is 22.7 Å². The fraction of sp³-hybridized carbons (Fsp3) is 0.533. The van der Waals surface area contributed by atoms with Gasteiger partial charge in [-0.25, -0.2) is 4.98 Å². The first-order valence-electron chi connectivity index (χ1n) is 7.08. The van der Waals surface area contributed by atoms with Crippen LogP contribution in [0.3, 0.4) is 0 Å². The minimum Gasteiger partial charge on any atom is -0.369 e. The van der Waals surface area contributed by atoms with Gasteiger partial charge in [0.05, 0.1) is 11.0 Å².